The Morgan fingerprint density at radius 1 is 1.13 bits per heavy atom. The molecule has 0 spiro atoms. The van der Waals surface area contributed by atoms with Crippen LogP contribution in [0.25, 0.3) is 17.0 Å². The lowest BCUT2D eigenvalue weighted by Gasteiger charge is -2.04. The van der Waals surface area contributed by atoms with Crippen LogP contribution in [0.4, 0.5) is 5.69 Å². The van der Waals surface area contributed by atoms with Crippen LogP contribution in [-0.4, -0.2) is 34.9 Å². The maximum Gasteiger partial charge on any atom is 0.446 e. The number of anilines is 1. The highest BCUT2D eigenvalue weighted by Crippen LogP contribution is 2.33. The number of carboxylic acid groups (broad SMARTS) is 1. The molecule has 0 aliphatic heterocycles. The van der Waals surface area contributed by atoms with Gasteiger partial charge >= 0.3 is 16.4 Å². The third-order valence-electron chi connectivity index (χ3n) is 3.79. The van der Waals surface area contributed by atoms with Gasteiger partial charge < -0.3 is 19.6 Å². The van der Waals surface area contributed by atoms with Crippen molar-refractivity contribution < 1.29 is 31.8 Å². The van der Waals surface area contributed by atoms with Gasteiger partial charge in [-0.2, -0.15) is 8.42 Å². The zero-order valence-corrected chi connectivity index (χ0v) is 17.0. The number of H-pyrrole nitrogens is 1. The summed E-state index contributed by atoms with van der Waals surface area (Å²) >= 11 is 12.1. The largest absolute Gasteiger partial charge is 0.477 e. The van der Waals surface area contributed by atoms with Gasteiger partial charge in [0.15, 0.2) is 0 Å². The molecular formula is C18H12Cl2N2O7S. The van der Waals surface area contributed by atoms with Gasteiger partial charge in [0, 0.05) is 33.3 Å². The fourth-order valence-electron chi connectivity index (χ4n) is 2.67. The lowest BCUT2D eigenvalue weighted by Crippen LogP contribution is -2.09. The minimum absolute atomic E-state index is 0.149. The molecule has 4 N–H and O–H groups in total. The number of rotatable bonds is 6. The smallest absolute Gasteiger partial charge is 0.446 e. The van der Waals surface area contributed by atoms with E-state index in [9.17, 15) is 23.1 Å². The maximum absolute atomic E-state index is 12.2. The number of halogens is 2. The van der Waals surface area contributed by atoms with Crippen molar-refractivity contribution in [3.8, 4) is 5.75 Å². The second kappa shape index (κ2) is 8.36. The SMILES string of the molecule is O=C(/C=C/c1c(C(=O)O)[nH]c2cc(Cl)cc(Cl)c12)Nc1ccc(OS(=O)(=O)O)cc1. The van der Waals surface area contributed by atoms with Gasteiger partial charge in [0.1, 0.15) is 11.4 Å². The van der Waals surface area contributed by atoms with Crippen LogP contribution in [0.1, 0.15) is 16.1 Å². The molecule has 0 fully saturated rings. The first-order valence-electron chi connectivity index (χ1n) is 8.03. The van der Waals surface area contributed by atoms with Gasteiger partial charge in [0.2, 0.25) is 5.91 Å². The molecule has 1 aromatic heterocycles. The van der Waals surface area contributed by atoms with E-state index in [4.69, 9.17) is 27.8 Å². The van der Waals surface area contributed by atoms with Gasteiger partial charge in [-0.1, -0.05) is 23.2 Å². The Labute approximate surface area is 179 Å². The topological polar surface area (TPSA) is 146 Å². The van der Waals surface area contributed by atoms with Gasteiger partial charge in [0.05, 0.1) is 5.02 Å². The molecule has 1 amide bonds. The number of amides is 1. The van der Waals surface area contributed by atoms with Gasteiger partial charge in [-0.25, -0.2) is 4.79 Å². The number of nitrogens with one attached hydrogen (secondary N) is 2. The van der Waals surface area contributed by atoms with Crippen molar-refractivity contribution in [1.29, 1.82) is 0 Å². The molecule has 0 unspecified atom stereocenters. The van der Waals surface area contributed by atoms with Crippen molar-refractivity contribution >= 4 is 68.1 Å². The number of carboxylic acids is 1. The summed E-state index contributed by atoms with van der Waals surface area (Å²) in [5.74, 6) is -1.98. The number of aromatic carboxylic acids is 1. The van der Waals surface area contributed by atoms with E-state index in [1.54, 1.807) is 0 Å². The van der Waals surface area contributed by atoms with Crippen LogP contribution in [-0.2, 0) is 15.2 Å². The van der Waals surface area contributed by atoms with E-state index in [0.29, 0.717) is 21.6 Å². The standard InChI is InChI=1S/C18H12Cl2N2O7S/c19-9-7-13(20)16-12(17(18(24)25)22-14(16)8-9)5-6-15(23)21-10-1-3-11(4-2-10)29-30(26,27)28/h1-8,22H,(H,21,23)(H,24,25)(H,26,27,28)/b6-5+. The van der Waals surface area contributed by atoms with Crippen LogP contribution >= 0.6 is 23.2 Å². The van der Waals surface area contributed by atoms with E-state index in [1.807, 2.05) is 0 Å². The van der Waals surface area contributed by atoms with Gasteiger partial charge in [0.25, 0.3) is 0 Å². The third kappa shape index (κ3) is 5.10. The zero-order chi connectivity index (χ0) is 22.1. The Kier molecular flexibility index (Phi) is 6.04. The number of fused-ring (bicyclic) bond motifs is 1. The number of carbonyl (C=O) groups excluding carboxylic acids is 1. The first-order valence-corrected chi connectivity index (χ1v) is 10.2. The summed E-state index contributed by atoms with van der Waals surface area (Å²) in [5, 5.41) is 12.9. The van der Waals surface area contributed by atoms with E-state index < -0.39 is 22.3 Å². The van der Waals surface area contributed by atoms with Crippen molar-refractivity contribution in [1.82, 2.24) is 4.98 Å². The highest BCUT2D eigenvalue weighted by atomic mass is 35.5. The van der Waals surface area contributed by atoms with Crippen molar-refractivity contribution in [3.05, 3.63) is 63.8 Å². The van der Waals surface area contributed by atoms with Crippen LogP contribution in [0.3, 0.4) is 0 Å². The highest BCUT2D eigenvalue weighted by molar-refractivity contribution is 7.81. The molecule has 3 aromatic rings. The van der Waals surface area contributed by atoms with Crippen LogP contribution in [0.2, 0.25) is 10.0 Å². The van der Waals surface area contributed by atoms with Gasteiger partial charge in [-0.15, -0.1) is 0 Å². The summed E-state index contributed by atoms with van der Waals surface area (Å²) in [6.45, 7) is 0. The van der Waals surface area contributed by atoms with Crippen molar-refractivity contribution in [2.45, 2.75) is 0 Å². The number of carbonyl (C=O) groups is 2. The number of hydrogen-bond donors (Lipinski definition) is 4. The molecule has 0 bridgehead atoms. The molecule has 0 aliphatic carbocycles. The monoisotopic (exact) mass is 470 g/mol. The van der Waals surface area contributed by atoms with E-state index in [0.717, 1.165) is 6.08 Å². The molecule has 0 radical (unpaired) electrons. The summed E-state index contributed by atoms with van der Waals surface area (Å²) in [7, 11) is -4.65. The first-order chi connectivity index (χ1) is 14.0. The molecule has 0 atom stereocenters. The van der Waals surface area contributed by atoms with Gasteiger partial charge in [-0.05, 0) is 42.5 Å². The molecule has 0 saturated heterocycles. The number of aromatic amines is 1. The summed E-state index contributed by atoms with van der Waals surface area (Å²) in [4.78, 5) is 26.4. The normalized spacial score (nSPS) is 11.7. The second-order valence-electron chi connectivity index (χ2n) is 5.89. The van der Waals surface area contributed by atoms with Crippen LogP contribution in [0.5, 0.6) is 5.75 Å². The lowest BCUT2D eigenvalue weighted by atomic mass is 10.1. The average Bonchev–Trinajstić information content (AvgIpc) is 2.99. The van der Waals surface area contributed by atoms with E-state index in [-0.39, 0.29) is 22.0 Å². The van der Waals surface area contributed by atoms with Crippen LogP contribution in [0, 0.1) is 0 Å². The summed E-state index contributed by atoms with van der Waals surface area (Å²) in [5.41, 5.74) is 0.741. The molecular weight excluding hydrogens is 459 g/mol. The molecule has 156 valence electrons. The second-order valence-corrected chi connectivity index (χ2v) is 7.75. The Morgan fingerprint density at radius 2 is 1.80 bits per heavy atom. The number of benzene rings is 2. The maximum atomic E-state index is 12.2. The Morgan fingerprint density at radius 3 is 2.40 bits per heavy atom. The molecule has 9 nitrogen and oxygen atoms in total. The minimum atomic E-state index is -4.65. The number of hydrogen-bond acceptors (Lipinski definition) is 5. The minimum Gasteiger partial charge on any atom is -0.477 e. The Bertz CT molecular complexity index is 1280. The van der Waals surface area contributed by atoms with E-state index >= 15 is 0 Å². The number of aromatic nitrogens is 1. The third-order valence-corrected chi connectivity index (χ3v) is 4.71. The summed E-state index contributed by atoms with van der Waals surface area (Å²) in [6.07, 6.45) is 2.41. The molecule has 2 aromatic carbocycles. The highest BCUT2D eigenvalue weighted by Gasteiger charge is 2.18. The quantitative estimate of drug-likeness (QED) is 0.314. The molecule has 30 heavy (non-hydrogen) atoms. The Balaban J connectivity index is 1.83. The van der Waals surface area contributed by atoms with E-state index in [1.165, 1.54) is 42.5 Å². The van der Waals surface area contributed by atoms with Crippen molar-refractivity contribution in [2.24, 2.45) is 0 Å². The van der Waals surface area contributed by atoms with Gasteiger partial charge in [-0.3, -0.25) is 9.35 Å². The molecule has 1 heterocycles. The first kappa shape index (κ1) is 21.7. The Hall–Kier alpha value is -3.05. The van der Waals surface area contributed by atoms with Crippen LogP contribution in [0.15, 0.2) is 42.5 Å². The summed E-state index contributed by atoms with van der Waals surface area (Å²) in [6, 6.07) is 8.11. The molecule has 12 heteroatoms. The van der Waals surface area contributed by atoms with Crippen molar-refractivity contribution in [2.75, 3.05) is 5.32 Å². The fraction of sp³-hybridized carbons (Fsp3) is 0. The predicted octanol–water partition coefficient (Wildman–Crippen LogP) is 4.01. The average molecular weight is 471 g/mol. The zero-order valence-electron chi connectivity index (χ0n) is 14.7. The molecule has 0 saturated carbocycles. The molecule has 3 rings (SSSR count). The lowest BCUT2D eigenvalue weighted by molar-refractivity contribution is -0.111. The van der Waals surface area contributed by atoms with Crippen LogP contribution < -0.4 is 9.50 Å². The van der Waals surface area contributed by atoms with E-state index in [2.05, 4.69) is 14.5 Å². The molecule has 0 aliphatic rings. The van der Waals surface area contributed by atoms with Crippen molar-refractivity contribution in [3.63, 3.8) is 0 Å². The fourth-order valence-corrected chi connectivity index (χ4v) is 3.62. The predicted molar refractivity (Wildman–Crippen MR) is 112 cm³/mol. The summed E-state index contributed by atoms with van der Waals surface area (Å²) < 4.78 is 34.2.